The van der Waals surface area contributed by atoms with Crippen LogP contribution in [-0.4, -0.2) is 36.7 Å². The summed E-state index contributed by atoms with van der Waals surface area (Å²) < 4.78 is 26.1. The van der Waals surface area contributed by atoms with Gasteiger partial charge in [-0.15, -0.1) is 11.3 Å². The Morgan fingerprint density at radius 2 is 2.11 bits per heavy atom. The maximum atomic E-state index is 12.3. The summed E-state index contributed by atoms with van der Waals surface area (Å²) in [5.74, 6) is -0.877. The molecule has 1 saturated heterocycles. The molecule has 1 unspecified atom stereocenters. The van der Waals surface area contributed by atoms with Crippen molar-refractivity contribution in [1.29, 1.82) is 0 Å². The van der Waals surface area contributed by atoms with E-state index in [1.165, 1.54) is 10.4 Å². The Hall–Kier alpha value is -1.03. The molecule has 9 heteroatoms. The second-order valence-electron chi connectivity index (χ2n) is 4.23. The number of nitrogens with zero attached hydrogens (tertiary/aromatic N) is 1. The fourth-order valence-electron chi connectivity index (χ4n) is 1.90. The van der Waals surface area contributed by atoms with Gasteiger partial charge in [-0.25, -0.2) is 8.42 Å². The molecule has 0 saturated carbocycles. The lowest BCUT2D eigenvalue weighted by Crippen LogP contribution is -2.31. The highest BCUT2D eigenvalue weighted by molar-refractivity contribution is 7.91. The predicted octanol–water partition coefficient (Wildman–Crippen LogP) is -0.122. The van der Waals surface area contributed by atoms with Gasteiger partial charge >= 0.3 is 0 Å². The van der Waals surface area contributed by atoms with E-state index in [0.717, 1.165) is 11.3 Å². The molecular formula is C10H13N3O3S3. The van der Waals surface area contributed by atoms with Crippen LogP contribution in [0.15, 0.2) is 16.3 Å². The summed E-state index contributed by atoms with van der Waals surface area (Å²) in [6.07, 6.45) is 0.460. The summed E-state index contributed by atoms with van der Waals surface area (Å²) in [6, 6.07) is 3.06. The third-order valence-electron chi connectivity index (χ3n) is 2.97. The number of hydrogen-bond acceptors (Lipinski definition) is 5. The molecule has 0 radical (unpaired) electrons. The lowest BCUT2D eigenvalue weighted by Gasteiger charge is -2.14. The molecule has 19 heavy (non-hydrogen) atoms. The number of thiocarbonyl (C=S) groups is 1. The third-order valence-corrected chi connectivity index (χ3v) is 6.77. The van der Waals surface area contributed by atoms with Crippen LogP contribution in [0, 0.1) is 5.92 Å². The van der Waals surface area contributed by atoms with Gasteiger partial charge in [-0.05, 0) is 18.6 Å². The normalized spacial score (nSPS) is 20.5. The number of thiophene rings is 1. The number of nitrogens with two attached hydrogens (primary N) is 2. The van der Waals surface area contributed by atoms with E-state index < -0.39 is 21.8 Å². The van der Waals surface area contributed by atoms with Gasteiger partial charge in [0.2, 0.25) is 5.91 Å². The SMILES string of the molecule is NC(=O)C1CCN(S(=O)(=O)c2ccc(C(N)=S)s2)C1. The molecule has 1 aliphatic heterocycles. The first kappa shape index (κ1) is 14.4. The number of amides is 1. The molecule has 0 bridgehead atoms. The summed E-state index contributed by atoms with van der Waals surface area (Å²) in [7, 11) is -3.59. The topological polar surface area (TPSA) is 106 Å². The number of sulfonamides is 1. The van der Waals surface area contributed by atoms with Gasteiger partial charge in [0.25, 0.3) is 10.0 Å². The molecule has 0 aromatic carbocycles. The van der Waals surface area contributed by atoms with Gasteiger partial charge in [0.15, 0.2) is 0 Å². The third kappa shape index (κ3) is 2.78. The van der Waals surface area contributed by atoms with Gasteiger partial charge < -0.3 is 11.5 Å². The molecule has 1 amide bonds. The highest BCUT2D eigenvalue weighted by atomic mass is 32.2. The van der Waals surface area contributed by atoms with Crippen molar-refractivity contribution in [3.8, 4) is 0 Å². The molecule has 0 spiro atoms. The molecule has 1 aliphatic rings. The fraction of sp³-hybridized carbons (Fsp3) is 0.400. The zero-order valence-corrected chi connectivity index (χ0v) is 12.4. The van der Waals surface area contributed by atoms with E-state index in [-0.39, 0.29) is 15.7 Å². The van der Waals surface area contributed by atoms with Crippen LogP contribution >= 0.6 is 23.6 Å². The van der Waals surface area contributed by atoms with Crippen molar-refractivity contribution < 1.29 is 13.2 Å². The fourth-order valence-corrected chi connectivity index (χ4v) is 4.90. The largest absolute Gasteiger partial charge is 0.389 e. The zero-order valence-electron chi connectivity index (χ0n) is 9.90. The van der Waals surface area contributed by atoms with E-state index in [9.17, 15) is 13.2 Å². The zero-order chi connectivity index (χ0) is 14.2. The highest BCUT2D eigenvalue weighted by Crippen LogP contribution is 2.28. The van der Waals surface area contributed by atoms with Crippen LogP contribution < -0.4 is 11.5 Å². The number of carbonyl (C=O) groups excluding carboxylic acids is 1. The van der Waals surface area contributed by atoms with Gasteiger partial charge in [0, 0.05) is 13.1 Å². The van der Waals surface area contributed by atoms with E-state index in [0.29, 0.717) is 17.8 Å². The van der Waals surface area contributed by atoms with Crippen LogP contribution in [0.5, 0.6) is 0 Å². The first-order valence-electron chi connectivity index (χ1n) is 5.51. The van der Waals surface area contributed by atoms with E-state index in [1.54, 1.807) is 6.07 Å². The van der Waals surface area contributed by atoms with Gasteiger partial charge in [-0.2, -0.15) is 4.31 Å². The van der Waals surface area contributed by atoms with Crippen LogP contribution in [0.4, 0.5) is 0 Å². The molecule has 1 aromatic rings. The van der Waals surface area contributed by atoms with Gasteiger partial charge in [0.05, 0.1) is 10.8 Å². The second kappa shape index (κ2) is 5.16. The average molecular weight is 319 g/mol. The summed E-state index contributed by atoms with van der Waals surface area (Å²) in [5.41, 5.74) is 10.7. The van der Waals surface area contributed by atoms with Crippen LogP contribution in [0.25, 0.3) is 0 Å². The minimum atomic E-state index is -3.59. The van der Waals surface area contributed by atoms with Crippen molar-refractivity contribution in [1.82, 2.24) is 4.31 Å². The summed E-state index contributed by atoms with van der Waals surface area (Å²) in [5, 5.41) is 0. The monoisotopic (exact) mass is 319 g/mol. The Bertz CT molecular complexity index is 623. The van der Waals surface area contributed by atoms with Crippen molar-refractivity contribution in [2.45, 2.75) is 10.6 Å². The molecule has 2 heterocycles. The molecule has 0 aliphatic carbocycles. The van der Waals surface area contributed by atoms with Crippen molar-refractivity contribution >= 4 is 44.5 Å². The summed E-state index contributed by atoms with van der Waals surface area (Å²) in [6.45, 7) is 0.439. The standard InChI is InChI=1S/C10H13N3O3S3/c11-9(14)6-3-4-13(5-6)19(15,16)8-2-1-7(18-8)10(12)17/h1-2,6H,3-5H2,(H2,11,14)(H2,12,17). The molecule has 1 fully saturated rings. The number of primary amides is 1. The smallest absolute Gasteiger partial charge is 0.252 e. The highest BCUT2D eigenvalue weighted by Gasteiger charge is 2.35. The van der Waals surface area contributed by atoms with Crippen molar-refractivity contribution in [3.63, 3.8) is 0 Å². The molecule has 2 rings (SSSR count). The second-order valence-corrected chi connectivity index (χ2v) is 7.92. The minimum Gasteiger partial charge on any atom is -0.389 e. The molecule has 1 atom stereocenters. The maximum absolute atomic E-state index is 12.3. The van der Waals surface area contributed by atoms with E-state index in [4.69, 9.17) is 23.7 Å². The first-order chi connectivity index (χ1) is 8.82. The van der Waals surface area contributed by atoms with Crippen molar-refractivity contribution in [2.24, 2.45) is 17.4 Å². The number of carbonyl (C=O) groups is 1. The van der Waals surface area contributed by atoms with Gasteiger partial charge in [0.1, 0.15) is 9.20 Å². The van der Waals surface area contributed by atoms with Gasteiger partial charge in [-0.3, -0.25) is 4.79 Å². The Balaban J connectivity index is 2.23. The summed E-state index contributed by atoms with van der Waals surface area (Å²) >= 11 is 5.84. The van der Waals surface area contributed by atoms with Crippen LogP contribution in [0.1, 0.15) is 11.3 Å². The molecular weight excluding hydrogens is 306 g/mol. The minimum absolute atomic E-state index is 0.137. The molecule has 4 N–H and O–H groups in total. The lowest BCUT2D eigenvalue weighted by molar-refractivity contribution is -0.121. The number of hydrogen-bond donors (Lipinski definition) is 2. The predicted molar refractivity (Wildman–Crippen MR) is 76.3 cm³/mol. The lowest BCUT2D eigenvalue weighted by atomic mass is 10.1. The van der Waals surface area contributed by atoms with Gasteiger partial charge in [-0.1, -0.05) is 12.2 Å². The van der Waals surface area contributed by atoms with E-state index >= 15 is 0 Å². The van der Waals surface area contributed by atoms with Crippen LogP contribution in [0.2, 0.25) is 0 Å². The van der Waals surface area contributed by atoms with Crippen LogP contribution in [0.3, 0.4) is 0 Å². The van der Waals surface area contributed by atoms with E-state index in [1.807, 2.05) is 0 Å². The number of rotatable bonds is 4. The Labute approximate surface area is 120 Å². The average Bonchev–Trinajstić information content (AvgIpc) is 2.99. The molecule has 104 valence electrons. The Kier molecular flexibility index (Phi) is 3.90. The Morgan fingerprint density at radius 3 is 2.58 bits per heavy atom. The Morgan fingerprint density at radius 1 is 1.42 bits per heavy atom. The maximum Gasteiger partial charge on any atom is 0.252 e. The van der Waals surface area contributed by atoms with Crippen LogP contribution in [-0.2, 0) is 14.8 Å². The molecule has 1 aromatic heterocycles. The summed E-state index contributed by atoms with van der Waals surface area (Å²) in [4.78, 5) is 11.8. The molecule has 6 nitrogen and oxygen atoms in total. The van der Waals surface area contributed by atoms with E-state index in [2.05, 4.69) is 0 Å². The van der Waals surface area contributed by atoms with Crippen molar-refractivity contribution in [2.75, 3.05) is 13.1 Å². The quantitative estimate of drug-likeness (QED) is 0.752. The van der Waals surface area contributed by atoms with Crippen molar-refractivity contribution in [3.05, 3.63) is 17.0 Å². The first-order valence-corrected chi connectivity index (χ1v) is 8.18.